The molecular weight excluding hydrogens is 344 g/mol. The zero-order valence-electron chi connectivity index (χ0n) is 15.4. The standard InChI is InChI=1S/C21H26N2O4/c24-19-10-15(11-23(19)16-8-4-5-9-16)20(25)22-12-17(18(13-22)21(26)27)14-6-2-1-3-7-14/h1-3,6-7,15-18H,4-5,8-13H2,(H,26,27)/t15?,17-,18-/m1/s1. The summed E-state index contributed by atoms with van der Waals surface area (Å²) in [6.07, 6.45) is 4.64. The molecule has 1 aromatic carbocycles. The van der Waals surface area contributed by atoms with Gasteiger partial charge in [-0.1, -0.05) is 43.2 Å². The van der Waals surface area contributed by atoms with Crippen molar-refractivity contribution in [3.8, 4) is 0 Å². The highest BCUT2D eigenvalue weighted by atomic mass is 16.4. The van der Waals surface area contributed by atoms with Gasteiger partial charge in [-0.15, -0.1) is 0 Å². The number of hydrogen-bond donors (Lipinski definition) is 1. The Morgan fingerprint density at radius 3 is 2.37 bits per heavy atom. The molecule has 0 aromatic heterocycles. The molecule has 0 spiro atoms. The van der Waals surface area contributed by atoms with Gasteiger partial charge in [-0.05, 0) is 18.4 Å². The fraction of sp³-hybridized carbons (Fsp3) is 0.571. The fourth-order valence-electron chi connectivity index (χ4n) is 5.00. The minimum Gasteiger partial charge on any atom is -0.481 e. The third-order valence-electron chi connectivity index (χ3n) is 6.45. The van der Waals surface area contributed by atoms with Gasteiger partial charge in [-0.3, -0.25) is 14.4 Å². The first kappa shape index (κ1) is 18.0. The molecule has 2 saturated heterocycles. The van der Waals surface area contributed by atoms with Crippen molar-refractivity contribution >= 4 is 17.8 Å². The molecule has 27 heavy (non-hydrogen) atoms. The van der Waals surface area contributed by atoms with E-state index in [1.807, 2.05) is 35.2 Å². The van der Waals surface area contributed by atoms with Gasteiger partial charge < -0.3 is 14.9 Å². The van der Waals surface area contributed by atoms with Crippen molar-refractivity contribution in [1.82, 2.24) is 9.80 Å². The van der Waals surface area contributed by atoms with Crippen LogP contribution in [0, 0.1) is 11.8 Å². The van der Waals surface area contributed by atoms with Crippen LogP contribution < -0.4 is 0 Å². The monoisotopic (exact) mass is 370 g/mol. The Morgan fingerprint density at radius 2 is 1.70 bits per heavy atom. The van der Waals surface area contributed by atoms with E-state index in [9.17, 15) is 19.5 Å². The lowest BCUT2D eigenvalue weighted by Crippen LogP contribution is -2.38. The summed E-state index contributed by atoms with van der Waals surface area (Å²) in [4.78, 5) is 40.8. The summed E-state index contributed by atoms with van der Waals surface area (Å²) >= 11 is 0. The Bertz CT molecular complexity index is 729. The summed E-state index contributed by atoms with van der Waals surface area (Å²) in [6.45, 7) is 1.13. The smallest absolute Gasteiger partial charge is 0.308 e. The molecule has 1 saturated carbocycles. The topological polar surface area (TPSA) is 77.9 Å². The summed E-state index contributed by atoms with van der Waals surface area (Å²) in [7, 11) is 0. The molecule has 0 bridgehead atoms. The molecule has 1 aliphatic carbocycles. The predicted octanol–water partition coefficient (Wildman–Crippen LogP) is 2.10. The van der Waals surface area contributed by atoms with Gasteiger partial charge in [-0.25, -0.2) is 0 Å². The van der Waals surface area contributed by atoms with Crippen LogP contribution in [0.1, 0.15) is 43.6 Å². The highest BCUT2D eigenvalue weighted by molar-refractivity contribution is 5.90. The van der Waals surface area contributed by atoms with Crippen molar-refractivity contribution < 1.29 is 19.5 Å². The Morgan fingerprint density at radius 1 is 1.00 bits per heavy atom. The number of aliphatic carboxylic acids is 1. The van der Waals surface area contributed by atoms with Crippen molar-refractivity contribution in [2.45, 2.75) is 44.1 Å². The number of amides is 2. The second-order valence-corrected chi connectivity index (χ2v) is 8.09. The van der Waals surface area contributed by atoms with E-state index in [1.54, 1.807) is 4.90 Å². The van der Waals surface area contributed by atoms with Crippen molar-refractivity contribution in [3.05, 3.63) is 35.9 Å². The van der Waals surface area contributed by atoms with Crippen LogP contribution in [0.2, 0.25) is 0 Å². The first-order chi connectivity index (χ1) is 13.0. The molecule has 1 aromatic rings. The molecule has 6 nitrogen and oxygen atoms in total. The van der Waals surface area contributed by atoms with Gasteiger partial charge in [0.15, 0.2) is 0 Å². The van der Waals surface area contributed by atoms with Crippen molar-refractivity contribution in [3.63, 3.8) is 0 Å². The van der Waals surface area contributed by atoms with E-state index < -0.39 is 11.9 Å². The highest BCUT2D eigenvalue weighted by Crippen LogP contribution is 2.35. The van der Waals surface area contributed by atoms with Crippen LogP contribution in [-0.4, -0.2) is 58.4 Å². The van der Waals surface area contributed by atoms with Gasteiger partial charge >= 0.3 is 5.97 Å². The average Bonchev–Trinajstić information content (AvgIpc) is 3.41. The van der Waals surface area contributed by atoms with Crippen LogP contribution in [0.25, 0.3) is 0 Å². The molecule has 2 heterocycles. The van der Waals surface area contributed by atoms with E-state index in [0.29, 0.717) is 13.1 Å². The first-order valence-corrected chi connectivity index (χ1v) is 9.90. The van der Waals surface area contributed by atoms with Gasteiger partial charge in [0, 0.05) is 38.0 Å². The summed E-state index contributed by atoms with van der Waals surface area (Å²) in [6, 6.07) is 9.84. The lowest BCUT2D eigenvalue weighted by atomic mass is 9.89. The van der Waals surface area contributed by atoms with E-state index in [0.717, 1.165) is 31.2 Å². The summed E-state index contributed by atoms with van der Waals surface area (Å²) in [5.74, 6) is -1.98. The normalized spacial score (nSPS) is 28.9. The zero-order valence-corrected chi connectivity index (χ0v) is 15.4. The van der Waals surface area contributed by atoms with Crippen LogP contribution in [0.4, 0.5) is 0 Å². The van der Waals surface area contributed by atoms with Crippen LogP contribution in [0.15, 0.2) is 30.3 Å². The molecule has 1 unspecified atom stereocenters. The number of rotatable bonds is 4. The molecule has 2 amide bonds. The van der Waals surface area contributed by atoms with Gasteiger partial charge in [0.05, 0.1) is 11.8 Å². The molecule has 3 aliphatic rings. The molecule has 3 fully saturated rings. The lowest BCUT2D eigenvalue weighted by Gasteiger charge is -2.25. The number of carboxylic acids is 1. The third kappa shape index (κ3) is 3.45. The van der Waals surface area contributed by atoms with Gasteiger partial charge in [0.1, 0.15) is 0 Å². The van der Waals surface area contributed by atoms with Crippen LogP contribution >= 0.6 is 0 Å². The number of hydrogen-bond acceptors (Lipinski definition) is 3. The number of likely N-dealkylation sites (tertiary alicyclic amines) is 2. The molecule has 6 heteroatoms. The maximum atomic E-state index is 13.1. The minimum atomic E-state index is -0.866. The van der Waals surface area contributed by atoms with Crippen molar-refractivity contribution in [1.29, 1.82) is 0 Å². The Kier molecular flexibility index (Phi) is 4.89. The molecule has 1 N–H and O–H groups in total. The summed E-state index contributed by atoms with van der Waals surface area (Å²) in [5, 5.41) is 9.64. The second kappa shape index (κ2) is 7.33. The quantitative estimate of drug-likeness (QED) is 0.880. The van der Waals surface area contributed by atoms with Crippen molar-refractivity contribution in [2.75, 3.05) is 19.6 Å². The number of nitrogens with zero attached hydrogens (tertiary/aromatic N) is 2. The highest BCUT2D eigenvalue weighted by Gasteiger charge is 2.45. The summed E-state index contributed by atoms with van der Waals surface area (Å²) in [5.41, 5.74) is 0.954. The molecule has 0 radical (unpaired) electrons. The SMILES string of the molecule is O=C(O)[C@@H]1CN(C(=O)C2CC(=O)N(C3CCCC3)C2)C[C@@H]1c1ccccc1. The van der Waals surface area contributed by atoms with Crippen molar-refractivity contribution in [2.24, 2.45) is 11.8 Å². The minimum absolute atomic E-state index is 0.0615. The zero-order chi connectivity index (χ0) is 19.0. The fourth-order valence-corrected chi connectivity index (χ4v) is 5.00. The molecule has 3 atom stereocenters. The Labute approximate surface area is 159 Å². The summed E-state index contributed by atoms with van der Waals surface area (Å²) < 4.78 is 0. The van der Waals surface area contributed by atoms with Gasteiger partial charge in [0.25, 0.3) is 0 Å². The number of benzene rings is 1. The number of carbonyl (C=O) groups is 3. The van der Waals surface area contributed by atoms with E-state index in [-0.39, 0.29) is 42.7 Å². The third-order valence-corrected chi connectivity index (χ3v) is 6.45. The average molecular weight is 370 g/mol. The van der Waals surface area contributed by atoms with Crippen LogP contribution in [0.5, 0.6) is 0 Å². The maximum Gasteiger partial charge on any atom is 0.308 e. The Balaban J connectivity index is 1.46. The second-order valence-electron chi connectivity index (χ2n) is 8.09. The Hall–Kier alpha value is -2.37. The van der Waals surface area contributed by atoms with Crippen LogP contribution in [0.3, 0.4) is 0 Å². The predicted molar refractivity (Wildman–Crippen MR) is 99.0 cm³/mol. The van der Waals surface area contributed by atoms with E-state index in [2.05, 4.69) is 0 Å². The molecule has 4 rings (SSSR count). The number of carboxylic acid groups (broad SMARTS) is 1. The molecule has 2 aliphatic heterocycles. The van der Waals surface area contributed by atoms with Crippen LogP contribution in [-0.2, 0) is 14.4 Å². The van der Waals surface area contributed by atoms with Gasteiger partial charge in [-0.2, -0.15) is 0 Å². The number of carbonyl (C=O) groups excluding carboxylic acids is 2. The maximum absolute atomic E-state index is 13.1. The molecule has 144 valence electrons. The van der Waals surface area contributed by atoms with Gasteiger partial charge in [0.2, 0.25) is 11.8 Å². The largest absolute Gasteiger partial charge is 0.481 e. The van der Waals surface area contributed by atoms with E-state index in [4.69, 9.17) is 0 Å². The lowest BCUT2D eigenvalue weighted by molar-refractivity contribution is -0.142. The first-order valence-electron chi connectivity index (χ1n) is 9.90. The van der Waals surface area contributed by atoms with E-state index in [1.165, 1.54) is 0 Å². The van der Waals surface area contributed by atoms with E-state index >= 15 is 0 Å². The molecular formula is C21H26N2O4.